The third kappa shape index (κ3) is 6.67. The topological polar surface area (TPSA) is 120 Å². The molecule has 1 atom stereocenters. The van der Waals surface area contributed by atoms with Crippen molar-refractivity contribution in [1.29, 1.82) is 0 Å². The molecule has 0 radical (unpaired) electrons. The summed E-state index contributed by atoms with van der Waals surface area (Å²) in [4.78, 5) is 26.2. The van der Waals surface area contributed by atoms with Crippen LogP contribution in [0.15, 0.2) is 77.0 Å². The summed E-state index contributed by atoms with van der Waals surface area (Å²) < 4.78 is 31.1. The molecule has 5 rings (SSSR count). The maximum absolute atomic E-state index is 13.7. The lowest BCUT2D eigenvalue weighted by Gasteiger charge is -2.22. The summed E-state index contributed by atoms with van der Waals surface area (Å²) in [5, 5.41) is 17.9. The quantitative estimate of drug-likeness (QED) is 0.246. The maximum Gasteiger partial charge on any atom is 0.253 e. The zero-order chi connectivity index (χ0) is 31.2. The first kappa shape index (κ1) is 30.5. The van der Waals surface area contributed by atoms with E-state index < -0.39 is 0 Å². The number of rotatable bonds is 11. The van der Waals surface area contributed by atoms with Gasteiger partial charge in [-0.1, -0.05) is 23.9 Å². The second-order valence-electron chi connectivity index (χ2n) is 9.78. The van der Waals surface area contributed by atoms with Crippen LogP contribution >= 0.6 is 11.8 Å². The van der Waals surface area contributed by atoms with Gasteiger partial charge in [0.25, 0.3) is 11.8 Å². The van der Waals surface area contributed by atoms with Crippen LogP contribution in [-0.2, 0) is 18.4 Å². The molecule has 0 unspecified atom stereocenters. The molecular weight excluding hydrogens is 587 g/mol. The molecule has 0 spiro atoms. The van der Waals surface area contributed by atoms with Crippen LogP contribution in [0.3, 0.4) is 0 Å². The van der Waals surface area contributed by atoms with E-state index in [1.165, 1.54) is 43.1 Å². The van der Waals surface area contributed by atoms with E-state index in [-0.39, 0.29) is 36.0 Å². The number of hydrazone groups is 1. The summed E-state index contributed by atoms with van der Waals surface area (Å²) in [7, 11) is 6.39. The van der Waals surface area contributed by atoms with E-state index >= 15 is 0 Å². The molecule has 0 saturated heterocycles. The van der Waals surface area contributed by atoms with E-state index in [1.807, 2.05) is 24.3 Å². The Hall–Kier alpha value is -4.91. The van der Waals surface area contributed by atoms with Gasteiger partial charge in [0.1, 0.15) is 11.6 Å². The molecule has 3 aromatic carbocycles. The summed E-state index contributed by atoms with van der Waals surface area (Å²) >= 11 is 1.21. The second-order valence-corrected chi connectivity index (χ2v) is 10.7. The van der Waals surface area contributed by atoms with Crippen LogP contribution < -0.4 is 19.5 Å². The van der Waals surface area contributed by atoms with Crippen molar-refractivity contribution in [1.82, 2.24) is 25.1 Å². The highest BCUT2D eigenvalue weighted by molar-refractivity contribution is 7.99. The number of nitrogens with zero attached hydrogens (tertiary/aromatic N) is 5. The molecule has 2 amide bonds. The van der Waals surface area contributed by atoms with Gasteiger partial charge in [-0.3, -0.25) is 9.59 Å². The minimum atomic E-state index is -0.386. The highest BCUT2D eigenvalue weighted by atomic mass is 32.2. The van der Waals surface area contributed by atoms with E-state index in [0.29, 0.717) is 34.5 Å². The van der Waals surface area contributed by atoms with Crippen molar-refractivity contribution < 1.29 is 28.2 Å². The first-order valence-electron chi connectivity index (χ1n) is 13.6. The number of hydrogen-bond acceptors (Lipinski definition) is 9. The standard InChI is InChI=1S/C31H31FN6O5S/c1-37-28(17-33-30(40)21-9-14-26(42-3)27(15-21)43-4)34-35-31(37)44-18-29(39)38-25(20-5-10-22(32)11-6-20)16-24(36-38)19-7-12-23(41-2)13-8-19/h5-15,25H,16-18H2,1-4H3,(H,33,40)/t25-/m0/s1. The molecule has 2 heterocycles. The van der Waals surface area contributed by atoms with E-state index in [4.69, 9.17) is 14.2 Å². The number of ether oxygens (including phenoxy) is 3. The van der Waals surface area contributed by atoms with E-state index in [2.05, 4.69) is 20.6 Å². The van der Waals surface area contributed by atoms with E-state index in [0.717, 1.165) is 22.6 Å². The Kier molecular flexibility index (Phi) is 9.44. The molecule has 4 aromatic rings. The van der Waals surface area contributed by atoms with Gasteiger partial charge >= 0.3 is 0 Å². The molecular formula is C31H31FN6O5S. The number of aromatic nitrogens is 3. The molecule has 0 saturated carbocycles. The fourth-order valence-corrected chi connectivity index (χ4v) is 5.48. The van der Waals surface area contributed by atoms with Gasteiger partial charge in [-0.05, 0) is 65.7 Å². The smallest absolute Gasteiger partial charge is 0.253 e. The number of benzene rings is 3. The number of hydrogen-bond donors (Lipinski definition) is 1. The highest BCUT2D eigenvalue weighted by Crippen LogP contribution is 2.34. The second kappa shape index (κ2) is 13.6. The molecule has 13 heteroatoms. The first-order chi connectivity index (χ1) is 21.3. The Balaban J connectivity index is 1.25. The van der Waals surface area contributed by atoms with Crippen LogP contribution in [0.25, 0.3) is 0 Å². The molecule has 1 aliphatic rings. The van der Waals surface area contributed by atoms with Crippen molar-refractivity contribution in [3.05, 3.63) is 95.1 Å². The van der Waals surface area contributed by atoms with Crippen LogP contribution in [0.5, 0.6) is 17.2 Å². The Morgan fingerprint density at radius 1 is 0.955 bits per heavy atom. The molecule has 0 fully saturated rings. The molecule has 11 nitrogen and oxygen atoms in total. The van der Waals surface area contributed by atoms with Gasteiger partial charge in [-0.25, -0.2) is 9.40 Å². The molecule has 1 aromatic heterocycles. The third-order valence-corrected chi connectivity index (χ3v) is 8.15. The lowest BCUT2D eigenvalue weighted by Crippen LogP contribution is -2.28. The highest BCUT2D eigenvalue weighted by Gasteiger charge is 2.33. The maximum atomic E-state index is 13.7. The Bertz CT molecular complexity index is 1680. The predicted octanol–water partition coefficient (Wildman–Crippen LogP) is 4.38. The Labute approximate surface area is 258 Å². The summed E-state index contributed by atoms with van der Waals surface area (Å²) in [5.74, 6) is 1.34. The number of carbonyl (C=O) groups excluding carboxylic acids is 2. The number of halogens is 1. The van der Waals surface area contributed by atoms with Crippen LogP contribution in [-0.4, -0.2) is 64.4 Å². The largest absolute Gasteiger partial charge is 0.497 e. The lowest BCUT2D eigenvalue weighted by molar-refractivity contribution is -0.130. The fourth-order valence-electron chi connectivity index (χ4n) is 4.70. The van der Waals surface area contributed by atoms with Gasteiger partial charge in [0.05, 0.1) is 45.4 Å². The van der Waals surface area contributed by atoms with Crippen molar-refractivity contribution in [2.24, 2.45) is 12.1 Å². The van der Waals surface area contributed by atoms with Crippen molar-refractivity contribution in [3.8, 4) is 17.2 Å². The van der Waals surface area contributed by atoms with Crippen molar-refractivity contribution >= 4 is 29.3 Å². The number of carbonyl (C=O) groups is 2. The summed E-state index contributed by atoms with van der Waals surface area (Å²) in [6.07, 6.45) is 0.474. The zero-order valence-electron chi connectivity index (χ0n) is 24.6. The summed E-state index contributed by atoms with van der Waals surface area (Å²) in [6, 6.07) is 18.1. The molecule has 228 valence electrons. The Morgan fingerprint density at radius 2 is 1.68 bits per heavy atom. The molecule has 1 aliphatic heterocycles. The number of methoxy groups -OCH3 is 3. The third-order valence-electron chi connectivity index (χ3n) is 7.15. The van der Waals surface area contributed by atoms with Gasteiger partial charge in [-0.2, -0.15) is 5.10 Å². The Morgan fingerprint density at radius 3 is 2.36 bits per heavy atom. The number of nitrogens with one attached hydrogen (secondary N) is 1. The average molecular weight is 619 g/mol. The SMILES string of the molecule is COc1ccc(C2=NN(C(=O)CSc3nnc(CNC(=O)c4ccc(OC)c(OC)c4)n3C)[C@H](c3ccc(F)cc3)C2)cc1. The van der Waals surface area contributed by atoms with Crippen LogP contribution in [0, 0.1) is 5.82 Å². The first-order valence-corrected chi connectivity index (χ1v) is 14.6. The minimum Gasteiger partial charge on any atom is -0.497 e. The van der Waals surface area contributed by atoms with Crippen LogP contribution in [0.1, 0.15) is 39.8 Å². The van der Waals surface area contributed by atoms with E-state index in [9.17, 15) is 14.0 Å². The fraction of sp³-hybridized carbons (Fsp3) is 0.258. The van der Waals surface area contributed by atoms with Gasteiger partial charge < -0.3 is 24.1 Å². The van der Waals surface area contributed by atoms with Crippen LogP contribution in [0.2, 0.25) is 0 Å². The van der Waals surface area contributed by atoms with Gasteiger partial charge in [-0.15, -0.1) is 10.2 Å². The van der Waals surface area contributed by atoms with Gasteiger partial charge in [0.2, 0.25) is 0 Å². The molecule has 44 heavy (non-hydrogen) atoms. The van der Waals surface area contributed by atoms with Crippen molar-refractivity contribution in [2.75, 3.05) is 27.1 Å². The number of thioether (sulfide) groups is 1. The zero-order valence-corrected chi connectivity index (χ0v) is 25.4. The van der Waals surface area contributed by atoms with Crippen molar-refractivity contribution in [2.45, 2.75) is 24.2 Å². The number of amides is 2. The minimum absolute atomic E-state index is 0.0427. The molecule has 0 bridgehead atoms. The molecule has 1 N–H and O–H groups in total. The van der Waals surface area contributed by atoms with Gasteiger partial charge in [0, 0.05) is 19.0 Å². The van der Waals surface area contributed by atoms with Gasteiger partial charge in [0.15, 0.2) is 22.5 Å². The summed E-state index contributed by atoms with van der Waals surface area (Å²) in [5.41, 5.74) is 2.80. The lowest BCUT2D eigenvalue weighted by atomic mass is 9.98. The van der Waals surface area contributed by atoms with E-state index in [1.54, 1.807) is 49.1 Å². The average Bonchev–Trinajstić information content (AvgIpc) is 3.66. The summed E-state index contributed by atoms with van der Waals surface area (Å²) in [6.45, 7) is 0.124. The monoisotopic (exact) mass is 618 g/mol. The van der Waals surface area contributed by atoms with Crippen LogP contribution in [0.4, 0.5) is 4.39 Å². The van der Waals surface area contributed by atoms with Crippen molar-refractivity contribution in [3.63, 3.8) is 0 Å². The predicted molar refractivity (Wildman–Crippen MR) is 163 cm³/mol. The molecule has 0 aliphatic carbocycles. The normalized spacial score (nSPS) is 14.2.